The molecule has 1 aliphatic heterocycles. The molecule has 1 fully saturated rings. The Bertz CT molecular complexity index is 458. The van der Waals surface area contributed by atoms with Gasteiger partial charge in [-0.1, -0.05) is 30.3 Å². The summed E-state index contributed by atoms with van der Waals surface area (Å²) >= 11 is 0. The largest absolute Gasteiger partial charge is 0.392 e. The molecule has 17 heavy (non-hydrogen) atoms. The van der Waals surface area contributed by atoms with Crippen LogP contribution >= 0.6 is 0 Å². The maximum Gasteiger partial charge on any atom is 0.154 e. The number of benzene rings is 1. The molecule has 4 nitrogen and oxygen atoms in total. The molecule has 94 valence electrons. The third-order valence-electron chi connectivity index (χ3n) is 2.90. The maximum atomic E-state index is 11.5. The van der Waals surface area contributed by atoms with Crippen molar-refractivity contribution in [3.63, 3.8) is 0 Å². The van der Waals surface area contributed by atoms with Crippen molar-refractivity contribution in [2.75, 3.05) is 11.5 Å². The van der Waals surface area contributed by atoms with Crippen molar-refractivity contribution < 1.29 is 13.5 Å². The average molecular weight is 255 g/mol. The van der Waals surface area contributed by atoms with Crippen LogP contribution in [0, 0.1) is 0 Å². The second kappa shape index (κ2) is 5.16. The zero-order valence-corrected chi connectivity index (χ0v) is 10.4. The number of sulfone groups is 1. The van der Waals surface area contributed by atoms with Gasteiger partial charge in [0.25, 0.3) is 0 Å². The predicted octanol–water partition coefficient (Wildman–Crippen LogP) is 0.324. The quantitative estimate of drug-likeness (QED) is 0.816. The number of aliphatic hydroxyl groups is 1. The van der Waals surface area contributed by atoms with Crippen molar-refractivity contribution in [3.05, 3.63) is 35.9 Å². The topological polar surface area (TPSA) is 66.4 Å². The maximum absolute atomic E-state index is 11.5. The van der Waals surface area contributed by atoms with Gasteiger partial charge in [0.1, 0.15) is 0 Å². The Hall–Kier alpha value is -0.910. The second-order valence-corrected chi connectivity index (χ2v) is 6.68. The van der Waals surface area contributed by atoms with Gasteiger partial charge in [-0.3, -0.25) is 0 Å². The second-order valence-electron chi connectivity index (χ2n) is 4.53. The van der Waals surface area contributed by atoms with E-state index in [0.29, 0.717) is 13.0 Å². The lowest BCUT2D eigenvalue weighted by Gasteiger charge is -2.26. The number of rotatable bonds is 3. The highest BCUT2D eigenvalue weighted by atomic mass is 32.2. The molecule has 1 aromatic carbocycles. The molecule has 0 amide bonds. The van der Waals surface area contributed by atoms with Gasteiger partial charge in [-0.2, -0.15) is 0 Å². The molecular weight excluding hydrogens is 238 g/mol. The summed E-state index contributed by atoms with van der Waals surface area (Å²) in [6.45, 7) is 0.633. The minimum atomic E-state index is -3.10. The summed E-state index contributed by atoms with van der Waals surface area (Å²) in [5.41, 5.74) is 1.12. The van der Waals surface area contributed by atoms with Gasteiger partial charge in [0.2, 0.25) is 0 Å². The molecule has 1 heterocycles. The zero-order chi connectivity index (χ0) is 12.3. The van der Waals surface area contributed by atoms with E-state index >= 15 is 0 Å². The van der Waals surface area contributed by atoms with E-state index in [9.17, 15) is 13.5 Å². The highest BCUT2D eigenvalue weighted by molar-refractivity contribution is 7.91. The van der Waals surface area contributed by atoms with Crippen molar-refractivity contribution >= 4 is 9.84 Å². The summed E-state index contributed by atoms with van der Waals surface area (Å²) in [5, 5.41) is 12.7. The molecule has 0 radical (unpaired) electrons. The van der Waals surface area contributed by atoms with E-state index < -0.39 is 15.9 Å². The lowest BCUT2D eigenvalue weighted by Crippen LogP contribution is -2.45. The van der Waals surface area contributed by atoms with Gasteiger partial charge < -0.3 is 10.4 Å². The SMILES string of the molecule is O=S1(=O)CC(O)CC(NCc2ccccc2)C1. The van der Waals surface area contributed by atoms with Crippen LogP contribution in [0.3, 0.4) is 0 Å². The van der Waals surface area contributed by atoms with Crippen LogP contribution in [0.5, 0.6) is 0 Å². The van der Waals surface area contributed by atoms with Gasteiger partial charge in [0.15, 0.2) is 9.84 Å². The Kier molecular flexibility index (Phi) is 3.81. The Morgan fingerprint density at radius 1 is 1.24 bits per heavy atom. The molecular formula is C12H17NO3S. The van der Waals surface area contributed by atoms with Gasteiger partial charge in [-0.25, -0.2) is 8.42 Å². The van der Waals surface area contributed by atoms with Gasteiger partial charge in [-0.05, 0) is 12.0 Å². The van der Waals surface area contributed by atoms with Crippen molar-refractivity contribution in [2.24, 2.45) is 0 Å². The molecule has 1 saturated heterocycles. The highest BCUT2D eigenvalue weighted by Crippen LogP contribution is 2.13. The molecule has 0 bridgehead atoms. The Morgan fingerprint density at radius 3 is 2.59 bits per heavy atom. The fraction of sp³-hybridized carbons (Fsp3) is 0.500. The molecule has 0 spiro atoms. The first-order chi connectivity index (χ1) is 8.05. The third-order valence-corrected chi connectivity index (χ3v) is 4.70. The monoisotopic (exact) mass is 255 g/mol. The van der Waals surface area contributed by atoms with Gasteiger partial charge >= 0.3 is 0 Å². The van der Waals surface area contributed by atoms with Gasteiger partial charge in [0.05, 0.1) is 17.6 Å². The van der Waals surface area contributed by atoms with Crippen molar-refractivity contribution in [1.82, 2.24) is 5.32 Å². The first kappa shape index (κ1) is 12.5. The summed E-state index contributed by atoms with van der Waals surface area (Å²) in [6, 6.07) is 9.66. The van der Waals surface area contributed by atoms with E-state index in [1.165, 1.54) is 0 Å². The van der Waals surface area contributed by atoms with Crippen LogP contribution < -0.4 is 5.32 Å². The van der Waals surface area contributed by atoms with Gasteiger partial charge in [0, 0.05) is 12.6 Å². The molecule has 1 aliphatic rings. The molecule has 0 aliphatic carbocycles. The number of hydrogen-bond acceptors (Lipinski definition) is 4. The molecule has 5 heteroatoms. The average Bonchev–Trinajstić information content (AvgIpc) is 2.25. The molecule has 2 atom stereocenters. The van der Waals surface area contributed by atoms with Gasteiger partial charge in [-0.15, -0.1) is 0 Å². The third kappa shape index (κ3) is 3.80. The fourth-order valence-electron chi connectivity index (χ4n) is 2.13. The van der Waals surface area contributed by atoms with E-state index in [1.54, 1.807) is 0 Å². The number of hydrogen-bond donors (Lipinski definition) is 2. The minimum Gasteiger partial charge on any atom is -0.392 e. The van der Waals surface area contributed by atoms with Crippen LogP contribution in [0.1, 0.15) is 12.0 Å². The van der Waals surface area contributed by atoms with Crippen LogP contribution in [-0.2, 0) is 16.4 Å². The van der Waals surface area contributed by atoms with Crippen LogP contribution in [0.15, 0.2) is 30.3 Å². The Labute approximate surface area is 102 Å². The number of nitrogens with one attached hydrogen (secondary N) is 1. The smallest absolute Gasteiger partial charge is 0.154 e. The molecule has 2 rings (SSSR count). The lowest BCUT2D eigenvalue weighted by atomic mass is 10.1. The lowest BCUT2D eigenvalue weighted by molar-refractivity contribution is 0.167. The van der Waals surface area contributed by atoms with E-state index in [4.69, 9.17) is 0 Å². The normalized spacial score (nSPS) is 27.8. The summed E-state index contributed by atoms with van der Waals surface area (Å²) < 4.78 is 23.0. The van der Waals surface area contributed by atoms with E-state index in [0.717, 1.165) is 5.56 Å². The predicted molar refractivity (Wildman–Crippen MR) is 66.3 cm³/mol. The fourth-order valence-corrected chi connectivity index (χ4v) is 3.86. The molecule has 2 unspecified atom stereocenters. The zero-order valence-electron chi connectivity index (χ0n) is 9.54. The minimum absolute atomic E-state index is 0.101. The van der Waals surface area contributed by atoms with E-state index in [2.05, 4.69) is 5.32 Å². The van der Waals surface area contributed by atoms with E-state index in [1.807, 2.05) is 30.3 Å². The van der Waals surface area contributed by atoms with Crippen molar-refractivity contribution in [3.8, 4) is 0 Å². The van der Waals surface area contributed by atoms with Crippen LogP contribution in [-0.4, -0.2) is 37.2 Å². The van der Waals surface area contributed by atoms with Crippen LogP contribution in [0.2, 0.25) is 0 Å². The Morgan fingerprint density at radius 2 is 1.94 bits per heavy atom. The first-order valence-electron chi connectivity index (χ1n) is 5.71. The van der Waals surface area contributed by atoms with E-state index in [-0.39, 0.29) is 17.5 Å². The summed E-state index contributed by atoms with van der Waals surface area (Å²) in [4.78, 5) is 0. The molecule has 0 saturated carbocycles. The first-order valence-corrected chi connectivity index (χ1v) is 7.53. The van der Waals surface area contributed by atoms with Crippen LogP contribution in [0.25, 0.3) is 0 Å². The molecule has 0 aromatic heterocycles. The molecule has 2 N–H and O–H groups in total. The molecule has 1 aromatic rings. The summed E-state index contributed by atoms with van der Waals surface area (Å²) in [6.07, 6.45) is -0.228. The standard InChI is InChI=1S/C12H17NO3S/c14-12-6-11(8-17(15,16)9-12)13-7-10-4-2-1-3-5-10/h1-5,11-14H,6-9H2. The highest BCUT2D eigenvalue weighted by Gasteiger charge is 2.30. The summed E-state index contributed by atoms with van der Waals surface area (Å²) in [7, 11) is -3.10. The van der Waals surface area contributed by atoms with Crippen molar-refractivity contribution in [2.45, 2.75) is 25.1 Å². The number of aliphatic hydroxyl groups excluding tert-OH is 1. The van der Waals surface area contributed by atoms with Crippen LogP contribution in [0.4, 0.5) is 0 Å². The van der Waals surface area contributed by atoms with Crippen molar-refractivity contribution in [1.29, 1.82) is 0 Å². The summed E-state index contributed by atoms with van der Waals surface area (Å²) in [5.74, 6) is 0.0212. The Balaban J connectivity index is 1.91.